The van der Waals surface area contributed by atoms with Crippen LogP contribution in [0.2, 0.25) is 5.02 Å². The maximum absolute atomic E-state index is 12.6. The third-order valence-corrected chi connectivity index (χ3v) is 4.76. The number of rotatable bonds is 4. The standard InChI is InChI=1S/C18H12ClN5OS/c19-13-6-7-16(24-11-20-10-21-24)14(8-13)22-17(25)15-9-26-18(23-15)12-4-2-1-3-5-12/h1-11H,(H,22,25). The fourth-order valence-corrected chi connectivity index (χ4v) is 3.40. The number of carbonyl (C=O) groups is 1. The number of nitrogens with zero attached hydrogens (tertiary/aromatic N) is 4. The molecule has 128 valence electrons. The van der Waals surface area contributed by atoms with E-state index >= 15 is 0 Å². The summed E-state index contributed by atoms with van der Waals surface area (Å²) in [6.45, 7) is 0. The first-order valence-corrected chi connectivity index (χ1v) is 8.93. The number of halogens is 1. The minimum atomic E-state index is -0.313. The molecule has 6 nitrogen and oxygen atoms in total. The summed E-state index contributed by atoms with van der Waals surface area (Å²) < 4.78 is 1.56. The molecule has 1 N–H and O–H groups in total. The molecule has 2 aromatic heterocycles. The van der Waals surface area contributed by atoms with E-state index in [-0.39, 0.29) is 5.91 Å². The Labute approximate surface area is 158 Å². The number of aromatic nitrogens is 4. The fraction of sp³-hybridized carbons (Fsp3) is 0. The Balaban J connectivity index is 1.61. The summed E-state index contributed by atoms with van der Waals surface area (Å²) in [5.74, 6) is -0.313. The van der Waals surface area contributed by atoms with Crippen molar-refractivity contribution in [3.05, 3.63) is 77.3 Å². The number of carbonyl (C=O) groups excluding carboxylic acids is 1. The molecular formula is C18H12ClN5OS. The maximum atomic E-state index is 12.6. The van der Waals surface area contributed by atoms with Gasteiger partial charge in [0.1, 0.15) is 23.4 Å². The number of nitrogens with one attached hydrogen (secondary N) is 1. The van der Waals surface area contributed by atoms with Gasteiger partial charge in [0, 0.05) is 16.0 Å². The number of hydrogen-bond acceptors (Lipinski definition) is 5. The van der Waals surface area contributed by atoms with E-state index < -0.39 is 0 Å². The number of anilines is 1. The van der Waals surface area contributed by atoms with Crippen molar-refractivity contribution in [1.29, 1.82) is 0 Å². The lowest BCUT2D eigenvalue weighted by Crippen LogP contribution is -2.14. The molecule has 0 aliphatic heterocycles. The van der Waals surface area contributed by atoms with Gasteiger partial charge in [0.2, 0.25) is 0 Å². The molecule has 0 atom stereocenters. The molecule has 2 heterocycles. The molecule has 0 aliphatic carbocycles. The molecule has 0 bridgehead atoms. The van der Waals surface area contributed by atoms with Gasteiger partial charge in [-0.2, -0.15) is 5.10 Å². The average Bonchev–Trinajstić information content (AvgIpc) is 3.35. The molecule has 0 saturated carbocycles. The SMILES string of the molecule is O=C(Nc1cc(Cl)ccc1-n1cncn1)c1csc(-c2ccccc2)n1. The lowest BCUT2D eigenvalue weighted by Gasteiger charge is -2.10. The number of hydrogen-bond donors (Lipinski definition) is 1. The monoisotopic (exact) mass is 381 g/mol. The van der Waals surface area contributed by atoms with Crippen molar-refractivity contribution in [2.75, 3.05) is 5.32 Å². The first-order chi connectivity index (χ1) is 12.7. The Kier molecular flexibility index (Phi) is 4.47. The lowest BCUT2D eigenvalue weighted by atomic mass is 10.2. The van der Waals surface area contributed by atoms with Gasteiger partial charge in [-0.1, -0.05) is 41.9 Å². The minimum Gasteiger partial charge on any atom is -0.319 e. The summed E-state index contributed by atoms with van der Waals surface area (Å²) in [6, 6.07) is 14.9. The van der Waals surface area contributed by atoms with E-state index in [2.05, 4.69) is 20.4 Å². The summed E-state index contributed by atoms with van der Waals surface area (Å²) in [5, 5.41) is 9.98. The molecule has 0 saturated heterocycles. The second-order valence-corrected chi connectivity index (χ2v) is 6.65. The van der Waals surface area contributed by atoms with E-state index in [1.54, 1.807) is 34.6 Å². The molecule has 4 rings (SSSR count). The van der Waals surface area contributed by atoms with Gasteiger partial charge in [-0.15, -0.1) is 11.3 Å². The van der Waals surface area contributed by atoms with Gasteiger partial charge in [-0.25, -0.2) is 14.6 Å². The highest BCUT2D eigenvalue weighted by molar-refractivity contribution is 7.13. The smallest absolute Gasteiger partial charge is 0.275 e. The summed E-state index contributed by atoms with van der Waals surface area (Å²) in [4.78, 5) is 21.0. The third kappa shape index (κ3) is 3.35. The van der Waals surface area contributed by atoms with Crippen molar-refractivity contribution < 1.29 is 4.79 Å². The average molecular weight is 382 g/mol. The van der Waals surface area contributed by atoms with Crippen LogP contribution in [0.4, 0.5) is 5.69 Å². The summed E-state index contributed by atoms with van der Waals surface area (Å²) in [6.07, 6.45) is 2.97. The van der Waals surface area contributed by atoms with E-state index in [4.69, 9.17) is 11.6 Å². The number of amides is 1. The first-order valence-electron chi connectivity index (χ1n) is 7.67. The van der Waals surface area contributed by atoms with Crippen LogP contribution in [0.5, 0.6) is 0 Å². The molecule has 0 radical (unpaired) electrons. The second-order valence-electron chi connectivity index (χ2n) is 5.36. The highest BCUT2D eigenvalue weighted by Gasteiger charge is 2.15. The first kappa shape index (κ1) is 16.4. The molecule has 26 heavy (non-hydrogen) atoms. The van der Waals surface area contributed by atoms with Gasteiger partial charge in [0.05, 0.1) is 11.4 Å². The molecule has 1 amide bonds. The molecular weight excluding hydrogens is 370 g/mol. The van der Waals surface area contributed by atoms with Crippen LogP contribution in [0.15, 0.2) is 66.6 Å². The van der Waals surface area contributed by atoms with Gasteiger partial charge in [-0.05, 0) is 18.2 Å². The predicted octanol–water partition coefficient (Wildman–Crippen LogP) is 4.30. The van der Waals surface area contributed by atoms with Crippen LogP contribution in [-0.2, 0) is 0 Å². The zero-order chi connectivity index (χ0) is 17.9. The Bertz CT molecular complexity index is 1050. The van der Waals surface area contributed by atoms with E-state index in [1.807, 2.05) is 30.3 Å². The Hall–Kier alpha value is -3.03. The van der Waals surface area contributed by atoms with E-state index in [1.165, 1.54) is 17.7 Å². The van der Waals surface area contributed by atoms with Crippen LogP contribution in [0.3, 0.4) is 0 Å². The molecule has 0 aliphatic rings. The Morgan fingerprint density at radius 2 is 2.00 bits per heavy atom. The van der Waals surface area contributed by atoms with Crippen molar-refractivity contribution in [2.24, 2.45) is 0 Å². The van der Waals surface area contributed by atoms with Crippen molar-refractivity contribution in [2.45, 2.75) is 0 Å². The van der Waals surface area contributed by atoms with Crippen LogP contribution < -0.4 is 5.32 Å². The fourth-order valence-electron chi connectivity index (χ4n) is 2.42. The number of benzene rings is 2. The predicted molar refractivity (Wildman–Crippen MR) is 102 cm³/mol. The summed E-state index contributed by atoms with van der Waals surface area (Å²) in [7, 11) is 0. The van der Waals surface area contributed by atoms with Gasteiger partial charge >= 0.3 is 0 Å². The zero-order valence-corrected chi connectivity index (χ0v) is 14.9. The molecule has 0 fully saturated rings. The van der Waals surface area contributed by atoms with Crippen molar-refractivity contribution >= 4 is 34.5 Å². The Morgan fingerprint density at radius 1 is 1.15 bits per heavy atom. The van der Waals surface area contributed by atoms with E-state index in [9.17, 15) is 4.79 Å². The molecule has 0 unspecified atom stereocenters. The third-order valence-electron chi connectivity index (χ3n) is 3.63. The molecule has 4 aromatic rings. The van der Waals surface area contributed by atoms with Crippen LogP contribution >= 0.6 is 22.9 Å². The molecule has 8 heteroatoms. The van der Waals surface area contributed by atoms with Crippen molar-refractivity contribution in [1.82, 2.24) is 19.7 Å². The minimum absolute atomic E-state index is 0.313. The summed E-state index contributed by atoms with van der Waals surface area (Å²) in [5.41, 5.74) is 2.52. The number of thiazole rings is 1. The summed E-state index contributed by atoms with van der Waals surface area (Å²) >= 11 is 7.50. The Morgan fingerprint density at radius 3 is 2.77 bits per heavy atom. The van der Waals surface area contributed by atoms with Gasteiger partial charge in [0.15, 0.2) is 0 Å². The van der Waals surface area contributed by atoms with Crippen LogP contribution in [0.1, 0.15) is 10.5 Å². The second kappa shape index (κ2) is 7.07. The van der Waals surface area contributed by atoms with Crippen LogP contribution in [0, 0.1) is 0 Å². The van der Waals surface area contributed by atoms with Gasteiger partial charge in [0.25, 0.3) is 5.91 Å². The lowest BCUT2D eigenvalue weighted by molar-refractivity contribution is 0.102. The zero-order valence-electron chi connectivity index (χ0n) is 13.3. The van der Waals surface area contributed by atoms with Crippen LogP contribution in [-0.4, -0.2) is 25.7 Å². The molecule has 2 aromatic carbocycles. The highest BCUT2D eigenvalue weighted by atomic mass is 35.5. The van der Waals surface area contributed by atoms with Gasteiger partial charge in [-0.3, -0.25) is 4.79 Å². The van der Waals surface area contributed by atoms with E-state index in [0.29, 0.717) is 22.1 Å². The largest absolute Gasteiger partial charge is 0.319 e. The van der Waals surface area contributed by atoms with Gasteiger partial charge < -0.3 is 5.32 Å². The molecule has 0 spiro atoms. The normalized spacial score (nSPS) is 10.7. The topological polar surface area (TPSA) is 72.7 Å². The van der Waals surface area contributed by atoms with Crippen molar-refractivity contribution in [3.8, 4) is 16.3 Å². The van der Waals surface area contributed by atoms with Crippen LogP contribution in [0.25, 0.3) is 16.3 Å². The van der Waals surface area contributed by atoms with E-state index in [0.717, 1.165) is 10.6 Å². The quantitative estimate of drug-likeness (QED) is 0.572. The maximum Gasteiger partial charge on any atom is 0.275 e. The van der Waals surface area contributed by atoms with Crippen molar-refractivity contribution in [3.63, 3.8) is 0 Å². The highest BCUT2D eigenvalue weighted by Crippen LogP contribution is 2.26.